The predicted octanol–water partition coefficient (Wildman–Crippen LogP) is 4.37. The maximum Gasteiger partial charge on any atom is 0.295 e. The Labute approximate surface area is 192 Å². The van der Waals surface area contributed by atoms with Gasteiger partial charge in [-0.15, -0.1) is 0 Å². The number of aliphatic hydroxyl groups excluding tert-OH is 1. The highest BCUT2D eigenvalue weighted by molar-refractivity contribution is 6.46. The molecule has 1 aliphatic rings. The van der Waals surface area contributed by atoms with Gasteiger partial charge in [0.05, 0.1) is 25.8 Å². The summed E-state index contributed by atoms with van der Waals surface area (Å²) >= 11 is 0. The molecule has 1 aliphatic heterocycles. The number of rotatable bonds is 7. The van der Waals surface area contributed by atoms with Crippen molar-refractivity contribution in [2.24, 2.45) is 0 Å². The van der Waals surface area contributed by atoms with Gasteiger partial charge in [0.15, 0.2) is 0 Å². The molecule has 1 fully saturated rings. The molecule has 3 aromatic rings. The van der Waals surface area contributed by atoms with Gasteiger partial charge in [-0.2, -0.15) is 0 Å². The Bertz CT molecular complexity index is 1170. The fraction of sp³-hybridized carbons (Fsp3) is 0.185. The van der Waals surface area contributed by atoms with Crippen LogP contribution >= 0.6 is 0 Å². The number of benzene rings is 3. The number of carbonyl (C=O) groups excluding carboxylic acids is 2. The number of hydrogen-bond donors (Lipinski definition) is 1. The Morgan fingerprint density at radius 2 is 1.42 bits per heavy atom. The Kier molecular flexibility index (Phi) is 6.45. The summed E-state index contributed by atoms with van der Waals surface area (Å²) in [7, 11) is 3.13. The zero-order chi connectivity index (χ0) is 23.4. The van der Waals surface area contributed by atoms with Crippen LogP contribution in [0, 0.1) is 0 Å². The molecule has 6 heteroatoms. The molecular weight excluding hydrogens is 418 g/mol. The van der Waals surface area contributed by atoms with E-state index in [2.05, 4.69) is 0 Å². The summed E-state index contributed by atoms with van der Waals surface area (Å²) in [6.45, 7) is 0.338. The van der Waals surface area contributed by atoms with E-state index in [1.54, 1.807) is 50.6 Å². The number of aliphatic hydroxyl groups is 1. The fourth-order valence-electron chi connectivity index (χ4n) is 4.04. The van der Waals surface area contributed by atoms with Crippen molar-refractivity contribution < 1.29 is 24.2 Å². The normalized spacial score (nSPS) is 17.3. The van der Waals surface area contributed by atoms with Crippen LogP contribution in [-0.4, -0.2) is 42.5 Å². The van der Waals surface area contributed by atoms with Gasteiger partial charge >= 0.3 is 0 Å². The number of Topliss-reactive ketones (excluding diaryl/α,β-unsaturated/α-hetero) is 1. The second kappa shape index (κ2) is 9.61. The summed E-state index contributed by atoms with van der Waals surface area (Å²) in [5.74, 6) is -0.241. The summed E-state index contributed by atoms with van der Waals surface area (Å²) in [5.41, 5.74) is 2.29. The van der Waals surface area contributed by atoms with E-state index in [0.717, 1.165) is 11.1 Å². The van der Waals surface area contributed by atoms with Crippen LogP contribution in [0.1, 0.15) is 22.7 Å². The Hall–Kier alpha value is -4.06. The minimum atomic E-state index is -0.707. The summed E-state index contributed by atoms with van der Waals surface area (Å²) in [4.78, 5) is 27.7. The summed E-state index contributed by atoms with van der Waals surface area (Å²) in [6, 6.07) is 23.0. The second-order valence-corrected chi connectivity index (χ2v) is 7.73. The second-order valence-electron chi connectivity index (χ2n) is 7.73. The van der Waals surface area contributed by atoms with E-state index in [1.165, 1.54) is 4.90 Å². The quantitative estimate of drug-likeness (QED) is 0.333. The number of amides is 1. The molecule has 1 atom stereocenters. The molecule has 0 aliphatic carbocycles. The first-order chi connectivity index (χ1) is 16.0. The van der Waals surface area contributed by atoms with E-state index in [-0.39, 0.29) is 11.3 Å². The van der Waals surface area contributed by atoms with Gasteiger partial charge in [-0.05, 0) is 53.9 Å². The predicted molar refractivity (Wildman–Crippen MR) is 125 cm³/mol. The molecule has 0 aromatic heterocycles. The van der Waals surface area contributed by atoms with Crippen LogP contribution in [0.5, 0.6) is 11.5 Å². The first-order valence-corrected chi connectivity index (χ1v) is 10.6. The SMILES string of the molecule is COc1ccc(C(O)=C2C(=O)C(=O)N(CCc3ccccc3)[C@@H]2c2ccc(OC)cc2)cc1. The molecule has 0 radical (unpaired) electrons. The highest BCUT2D eigenvalue weighted by atomic mass is 16.5. The molecule has 1 amide bonds. The topological polar surface area (TPSA) is 76.1 Å². The lowest BCUT2D eigenvalue weighted by atomic mass is 9.95. The van der Waals surface area contributed by atoms with Gasteiger partial charge in [-0.3, -0.25) is 9.59 Å². The van der Waals surface area contributed by atoms with Gasteiger partial charge in [0, 0.05) is 12.1 Å². The standard InChI is InChI=1S/C27H25NO5/c1-32-21-12-8-19(9-13-21)24-23(25(29)20-10-14-22(33-2)15-11-20)26(30)27(31)28(24)17-16-18-6-4-3-5-7-18/h3-15,24,29H,16-17H2,1-2H3/t24-/m1/s1. The molecule has 1 heterocycles. The number of ketones is 1. The van der Waals surface area contributed by atoms with Crippen molar-refractivity contribution in [2.45, 2.75) is 12.5 Å². The molecular formula is C27H25NO5. The number of ether oxygens (including phenoxy) is 2. The highest BCUT2D eigenvalue weighted by Crippen LogP contribution is 2.40. The third-order valence-corrected chi connectivity index (χ3v) is 5.82. The molecule has 3 aromatic carbocycles. The Morgan fingerprint density at radius 3 is 2.00 bits per heavy atom. The zero-order valence-corrected chi connectivity index (χ0v) is 18.5. The molecule has 6 nitrogen and oxygen atoms in total. The van der Waals surface area contributed by atoms with Gasteiger partial charge in [0.1, 0.15) is 17.3 Å². The third kappa shape index (κ3) is 4.46. The highest BCUT2D eigenvalue weighted by Gasteiger charge is 2.45. The Balaban J connectivity index is 1.77. The molecule has 4 rings (SSSR count). The lowest BCUT2D eigenvalue weighted by molar-refractivity contribution is -0.139. The summed E-state index contributed by atoms with van der Waals surface area (Å²) in [5, 5.41) is 11.1. The van der Waals surface area contributed by atoms with E-state index in [4.69, 9.17) is 9.47 Å². The van der Waals surface area contributed by atoms with Crippen LogP contribution in [-0.2, 0) is 16.0 Å². The van der Waals surface area contributed by atoms with Gasteiger partial charge in [0.2, 0.25) is 0 Å². The lowest BCUT2D eigenvalue weighted by Gasteiger charge is -2.25. The largest absolute Gasteiger partial charge is 0.507 e. The van der Waals surface area contributed by atoms with Crippen LogP contribution in [0.2, 0.25) is 0 Å². The lowest BCUT2D eigenvalue weighted by Crippen LogP contribution is -2.31. The van der Waals surface area contributed by atoms with E-state index in [9.17, 15) is 14.7 Å². The van der Waals surface area contributed by atoms with Crippen LogP contribution in [0.4, 0.5) is 0 Å². The van der Waals surface area contributed by atoms with E-state index >= 15 is 0 Å². The fourth-order valence-corrected chi connectivity index (χ4v) is 4.04. The van der Waals surface area contributed by atoms with E-state index in [0.29, 0.717) is 30.0 Å². The Morgan fingerprint density at radius 1 is 0.848 bits per heavy atom. The van der Waals surface area contributed by atoms with Crippen molar-refractivity contribution in [1.29, 1.82) is 0 Å². The monoisotopic (exact) mass is 443 g/mol. The minimum absolute atomic E-state index is 0.0726. The number of nitrogens with zero attached hydrogens (tertiary/aromatic N) is 1. The van der Waals surface area contributed by atoms with Gasteiger partial charge in [-0.1, -0.05) is 42.5 Å². The van der Waals surface area contributed by atoms with Crippen molar-refractivity contribution in [2.75, 3.05) is 20.8 Å². The van der Waals surface area contributed by atoms with E-state index in [1.807, 2.05) is 42.5 Å². The smallest absolute Gasteiger partial charge is 0.295 e. The van der Waals surface area contributed by atoms with Gasteiger partial charge in [-0.25, -0.2) is 0 Å². The molecule has 1 saturated heterocycles. The van der Waals surface area contributed by atoms with Crippen molar-refractivity contribution in [3.8, 4) is 11.5 Å². The summed E-state index contributed by atoms with van der Waals surface area (Å²) < 4.78 is 10.4. The van der Waals surface area contributed by atoms with Crippen LogP contribution in [0.3, 0.4) is 0 Å². The minimum Gasteiger partial charge on any atom is -0.507 e. The number of hydrogen-bond acceptors (Lipinski definition) is 5. The molecule has 1 N–H and O–H groups in total. The van der Waals surface area contributed by atoms with Crippen LogP contribution < -0.4 is 9.47 Å². The average molecular weight is 443 g/mol. The molecule has 0 saturated carbocycles. The van der Waals surface area contributed by atoms with Crippen molar-refractivity contribution >= 4 is 17.4 Å². The maximum absolute atomic E-state index is 13.1. The number of methoxy groups -OCH3 is 2. The van der Waals surface area contributed by atoms with Crippen molar-refractivity contribution in [3.63, 3.8) is 0 Å². The van der Waals surface area contributed by atoms with Crippen molar-refractivity contribution in [3.05, 3.63) is 101 Å². The maximum atomic E-state index is 13.1. The number of likely N-dealkylation sites (tertiary alicyclic amines) is 1. The van der Waals surface area contributed by atoms with Gasteiger partial charge in [0.25, 0.3) is 11.7 Å². The average Bonchev–Trinajstić information content (AvgIpc) is 3.12. The first-order valence-electron chi connectivity index (χ1n) is 10.6. The number of carbonyl (C=O) groups is 2. The van der Waals surface area contributed by atoms with Crippen molar-refractivity contribution in [1.82, 2.24) is 4.90 Å². The summed E-state index contributed by atoms with van der Waals surface area (Å²) in [6.07, 6.45) is 0.586. The zero-order valence-electron chi connectivity index (χ0n) is 18.5. The van der Waals surface area contributed by atoms with Crippen LogP contribution in [0.25, 0.3) is 5.76 Å². The molecule has 0 unspecified atom stereocenters. The van der Waals surface area contributed by atoms with E-state index < -0.39 is 17.7 Å². The molecule has 0 spiro atoms. The molecule has 168 valence electrons. The molecule has 33 heavy (non-hydrogen) atoms. The molecule has 0 bridgehead atoms. The first kappa shape index (κ1) is 22.1. The third-order valence-electron chi connectivity index (χ3n) is 5.82. The van der Waals surface area contributed by atoms with Gasteiger partial charge < -0.3 is 19.5 Å². The van der Waals surface area contributed by atoms with Crippen LogP contribution in [0.15, 0.2) is 84.4 Å².